The highest BCUT2D eigenvalue weighted by atomic mass is 16.1. The molecule has 0 saturated carbocycles. The van der Waals surface area contributed by atoms with Crippen molar-refractivity contribution in [3.8, 4) is 0 Å². The Labute approximate surface area is 103 Å². The highest BCUT2D eigenvalue weighted by molar-refractivity contribution is 5.78. The molecule has 0 aliphatic carbocycles. The lowest BCUT2D eigenvalue weighted by molar-refractivity contribution is -0.120. The molecule has 1 N–H and O–H groups in total. The standard InChI is InChI=1S/C13H21N3O/c1-16(2)10-4-3-7-15-13(17)11-12-5-8-14-9-6-12/h5-6,8-9H,3-4,7,10-11H2,1-2H3,(H,15,17). The van der Waals surface area contributed by atoms with E-state index < -0.39 is 0 Å². The van der Waals surface area contributed by atoms with Crippen LogP contribution in [-0.2, 0) is 11.2 Å². The summed E-state index contributed by atoms with van der Waals surface area (Å²) in [7, 11) is 4.12. The molecule has 1 aromatic heterocycles. The molecule has 0 aromatic carbocycles. The second-order valence-electron chi connectivity index (χ2n) is 4.39. The molecule has 0 fully saturated rings. The number of pyridine rings is 1. The molecule has 0 atom stereocenters. The molecular formula is C13H21N3O. The maximum absolute atomic E-state index is 11.6. The average molecular weight is 235 g/mol. The van der Waals surface area contributed by atoms with E-state index >= 15 is 0 Å². The highest BCUT2D eigenvalue weighted by Gasteiger charge is 2.01. The van der Waals surface area contributed by atoms with Gasteiger partial charge in [-0.05, 0) is 51.2 Å². The first-order chi connectivity index (χ1) is 8.18. The van der Waals surface area contributed by atoms with Crippen LogP contribution in [0.3, 0.4) is 0 Å². The monoisotopic (exact) mass is 235 g/mol. The maximum Gasteiger partial charge on any atom is 0.224 e. The number of aromatic nitrogens is 1. The van der Waals surface area contributed by atoms with Crippen LogP contribution >= 0.6 is 0 Å². The minimum atomic E-state index is 0.0843. The first-order valence-electron chi connectivity index (χ1n) is 5.99. The highest BCUT2D eigenvalue weighted by Crippen LogP contribution is 1.97. The molecule has 0 aliphatic heterocycles. The van der Waals surface area contributed by atoms with Crippen LogP contribution in [0.2, 0.25) is 0 Å². The van der Waals surface area contributed by atoms with E-state index in [1.165, 1.54) is 0 Å². The smallest absolute Gasteiger partial charge is 0.224 e. The summed E-state index contributed by atoms with van der Waals surface area (Å²) in [6.45, 7) is 1.83. The molecule has 0 saturated heterocycles. The van der Waals surface area contributed by atoms with E-state index in [4.69, 9.17) is 0 Å². The summed E-state index contributed by atoms with van der Waals surface area (Å²) in [6, 6.07) is 3.73. The van der Waals surface area contributed by atoms with E-state index in [1.54, 1.807) is 12.4 Å². The molecule has 0 bridgehead atoms. The average Bonchev–Trinajstić information content (AvgIpc) is 2.29. The number of nitrogens with one attached hydrogen (secondary N) is 1. The van der Waals surface area contributed by atoms with E-state index in [9.17, 15) is 4.79 Å². The Morgan fingerprint density at radius 1 is 1.29 bits per heavy atom. The van der Waals surface area contributed by atoms with Gasteiger partial charge in [-0.1, -0.05) is 0 Å². The molecule has 17 heavy (non-hydrogen) atoms. The second kappa shape index (κ2) is 7.79. The fourth-order valence-electron chi connectivity index (χ4n) is 1.53. The van der Waals surface area contributed by atoms with Crippen LogP contribution in [0, 0.1) is 0 Å². The minimum Gasteiger partial charge on any atom is -0.356 e. The van der Waals surface area contributed by atoms with Gasteiger partial charge in [-0.15, -0.1) is 0 Å². The van der Waals surface area contributed by atoms with Gasteiger partial charge in [-0.25, -0.2) is 0 Å². The first-order valence-corrected chi connectivity index (χ1v) is 5.99. The number of carbonyl (C=O) groups is 1. The summed E-state index contributed by atoms with van der Waals surface area (Å²) >= 11 is 0. The number of amides is 1. The van der Waals surface area contributed by atoms with Gasteiger partial charge in [-0.2, -0.15) is 0 Å². The lowest BCUT2D eigenvalue weighted by Gasteiger charge is -2.09. The predicted molar refractivity (Wildman–Crippen MR) is 68.7 cm³/mol. The van der Waals surface area contributed by atoms with Crippen molar-refractivity contribution in [2.24, 2.45) is 0 Å². The van der Waals surface area contributed by atoms with Crippen LogP contribution in [0.4, 0.5) is 0 Å². The van der Waals surface area contributed by atoms with Crippen molar-refractivity contribution in [1.82, 2.24) is 15.2 Å². The summed E-state index contributed by atoms with van der Waals surface area (Å²) in [4.78, 5) is 17.6. The van der Waals surface area contributed by atoms with E-state index in [-0.39, 0.29) is 5.91 Å². The summed E-state index contributed by atoms with van der Waals surface area (Å²) in [5, 5.41) is 2.93. The minimum absolute atomic E-state index is 0.0843. The van der Waals surface area contributed by atoms with Gasteiger partial charge in [-0.3, -0.25) is 9.78 Å². The Balaban J connectivity index is 2.10. The molecule has 1 amide bonds. The van der Waals surface area contributed by atoms with Gasteiger partial charge in [0.25, 0.3) is 0 Å². The van der Waals surface area contributed by atoms with Crippen molar-refractivity contribution in [1.29, 1.82) is 0 Å². The molecule has 0 radical (unpaired) electrons. The number of unbranched alkanes of at least 4 members (excludes halogenated alkanes) is 1. The van der Waals surface area contributed by atoms with Gasteiger partial charge >= 0.3 is 0 Å². The summed E-state index contributed by atoms with van der Waals surface area (Å²) in [5.41, 5.74) is 1.01. The largest absolute Gasteiger partial charge is 0.356 e. The second-order valence-corrected chi connectivity index (χ2v) is 4.39. The molecule has 0 aliphatic rings. The topological polar surface area (TPSA) is 45.2 Å². The fraction of sp³-hybridized carbons (Fsp3) is 0.538. The van der Waals surface area contributed by atoms with Gasteiger partial charge in [0, 0.05) is 18.9 Å². The van der Waals surface area contributed by atoms with Gasteiger partial charge < -0.3 is 10.2 Å². The van der Waals surface area contributed by atoms with Crippen molar-refractivity contribution < 1.29 is 4.79 Å². The third kappa shape index (κ3) is 6.68. The van der Waals surface area contributed by atoms with Crippen molar-refractivity contribution in [3.05, 3.63) is 30.1 Å². The maximum atomic E-state index is 11.6. The summed E-state index contributed by atoms with van der Waals surface area (Å²) in [6.07, 6.45) is 6.00. The number of hydrogen-bond acceptors (Lipinski definition) is 3. The van der Waals surface area contributed by atoms with Gasteiger partial charge in [0.15, 0.2) is 0 Å². The van der Waals surface area contributed by atoms with E-state index in [2.05, 4.69) is 29.3 Å². The molecule has 0 unspecified atom stereocenters. The van der Waals surface area contributed by atoms with Crippen LogP contribution in [0.25, 0.3) is 0 Å². The van der Waals surface area contributed by atoms with Crippen molar-refractivity contribution in [3.63, 3.8) is 0 Å². The molecule has 94 valence electrons. The number of hydrogen-bond donors (Lipinski definition) is 1. The van der Waals surface area contributed by atoms with E-state index in [1.807, 2.05) is 12.1 Å². The molecular weight excluding hydrogens is 214 g/mol. The Morgan fingerprint density at radius 3 is 2.65 bits per heavy atom. The molecule has 1 heterocycles. The van der Waals surface area contributed by atoms with Gasteiger partial charge in [0.2, 0.25) is 5.91 Å². The van der Waals surface area contributed by atoms with Crippen molar-refractivity contribution >= 4 is 5.91 Å². The Kier molecular flexibility index (Phi) is 6.25. The summed E-state index contributed by atoms with van der Waals surface area (Å²) < 4.78 is 0. The molecule has 0 spiro atoms. The molecule has 4 nitrogen and oxygen atoms in total. The zero-order valence-corrected chi connectivity index (χ0v) is 10.6. The number of rotatable bonds is 7. The lowest BCUT2D eigenvalue weighted by atomic mass is 10.2. The van der Waals surface area contributed by atoms with Crippen molar-refractivity contribution in [2.45, 2.75) is 19.3 Å². The lowest BCUT2D eigenvalue weighted by Crippen LogP contribution is -2.26. The zero-order valence-electron chi connectivity index (χ0n) is 10.6. The first kappa shape index (κ1) is 13.6. The van der Waals surface area contributed by atoms with Gasteiger partial charge in [0.1, 0.15) is 0 Å². The molecule has 1 aromatic rings. The quantitative estimate of drug-likeness (QED) is 0.719. The van der Waals surface area contributed by atoms with Gasteiger partial charge in [0.05, 0.1) is 6.42 Å². The van der Waals surface area contributed by atoms with Crippen LogP contribution in [-0.4, -0.2) is 43.0 Å². The normalized spacial score (nSPS) is 10.5. The predicted octanol–water partition coefficient (Wildman–Crippen LogP) is 1.08. The zero-order chi connectivity index (χ0) is 12.5. The Bertz CT molecular complexity index is 325. The van der Waals surface area contributed by atoms with Crippen LogP contribution in [0.15, 0.2) is 24.5 Å². The SMILES string of the molecule is CN(C)CCCCNC(=O)Cc1ccncc1. The number of carbonyl (C=O) groups excluding carboxylic acids is 1. The molecule has 4 heteroatoms. The van der Waals surface area contributed by atoms with Crippen LogP contribution in [0.1, 0.15) is 18.4 Å². The van der Waals surface area contributed by atoms with Crippen LogP contribution < -0.4 is 5.32 Å². The van der Waals surface area contributed by atoms with E-state index in [0.29, 0.717) is 6.42 Å². The third-order valence-corrected chi connectivity index (χ3v) is 2.47. The van der Waals surface area contributed by atoms with Crippen molar-refractivity contribution in [2.75, 3.05) is 27.2 Å². The summed E-state index contributed by atoms with van der Waals surface area (Å²) in [5.74, 6) is 0.0843. The Hall–Kier alpha value is -1.42. The molecule has 1 rings (SSSR count). The number of nitrogens with zero attached hydrogens (tertiary/aromatic N) is 2. The van der Waals surface area contributed by atoms with E-state index in [0.717, 1.165) is 31.5 Å². The third-order valence-electron chi connectivity index (χ3n) is 2.47. The fourth-order valence-corrected chi connectivity index (χ4v) is 1.53. The Morgan fingerprint density at radius 2 is 2.00 bits per heavy atom. The van der Waals surface area contributed by atoms with Crippen LogP contribution in [0.5, 0.6) is 0 Å².